The maximum absolute atomic E-state index is 11.7. The first-order valence-corrected chi connectivity index (χ1v) is 6.12. The van der Waals surface area contributed by atoms with Gasteiger partial charge in [0.05, 0.1) is 0 Å². The van der Waals surface area contributed by atoms with Crippen molar-refractivity contribution in [3.63, 3.8) is 0 Å². The van der Waals surface area contributed by atoms with Crippen LogP contribution in [0, 0.1) is 20.8 Å². The van der Waals surface area contributed by atoms with Crippen molar-refractivity contribution in [1.29, 1.82) is 0 Å². The van der Waals surface area contributed by atoms with Crippen molar-refractivity contribution in [3.05, 3.63) is 49.8 Å². The molecule has 0 saturated carbocycles. The highest BCUT2D eigenvalue weighted by Gasteiger charge is 2.06. The summed E-state index contributed by atoms with van der Waals surface area (Å²) in [6.07, 6.45) is 0. The van der Waals surface area contributed by atoms with Gasteiger partial charge in [0.15, 0.2) is 0 Å². The van der Waals surface area contributed by atoms with Crippen LogP contribution >= 0.6 is 15.9 Å². The van der Waals surface area contributed by atoms with E-state index in [4.69, 9.17) is 0 Å². The third kappa shape index (κ3) is 2.31. The maximum Gasteiger partial charge on any atom is 0.254 e. The number of H-pyrrole nitrogens is 1. The Morgan fingerprint density at radius 3 is 2.53 bits per heavy atom. The fourth-order valence-corrected chi connectivity index (χ4v) is 1.90. The second kappa shape index (κ2) is 4.45. The van der Waals surface area contributed by atoms with Gasteiger partial charge in [-0.25, -0.2) is 4.98 Å². The first kappa shape index (κ1) is 12.0. The molecule has 88 valence electrons. The molecule has 1 N–H and O–H groups in total. The number of hydrogen-bond donors (Lipinski definition) is 1. The standard InChI is InChI=1S/C13H13BrN2O/c1-7-4-5-10(6-11(7)14)12-15-9(3)8(2)13(17)16-12/h4-6H,1-3H3,(H,15,16,17). The first-order valence-electron chi connectivity index (χ1n) is 5.33. The van der Waals surface area contributed by atoms with Gasteiger partial charge in [-0.1, -0.05) is 28.1 Å². The number of nitrogens with one attached hydrogen (secondary N) is 1. The number of rotatable bonds is 1. The fourth-order valence-electron chi connectivity index (χ4n) is 1.52. The molecule has 2 rings (SSSR count). The van der Waals surface area contributed by atoms with Gasteiger partial charge in [0, 0.05) is 21.3 Å². The number of benzene rings is 1. The summed E-state index contributed by atoms with van der Waals surface area (Å²) < 4.78 is 1.01. The average Bonchev–Trinajstić information content (AvgIpc) is 2.29. The molecule has 0 amide bonds. The minimum atomic E-state index is -0.0794. The lowest BCUT2D eigenvalue weighted by molar-refractivity contribution is 1.03. The van der Waals surface area contributed by atoms with Crippen molar-refractivity contribution in [2.45, 2.75) is 20.8 Å². The van der Waals surface area contributed by atoms with Crippen LogP contribution in [0.4, 0.5) is 0 Å². The molecule has 1 aromatic heterocycles. The molecule has 0 unspecified atom stereocenters. The van der Waals surface area contributed by atoms with Crippen LogP contribution in [-0.2, 0) is 0 Å². The van der Waals surface area contributed by atoms with Gasteiger partial charge in [-0.3, -0.25) is 4.79 Å². The molecule has 1 heterocycles. The number of halogens is 1. The molecule has 17 heavy (non-hydrogen) atoms. The molecule has 3 nitrogen and oxygen atoms in total. The smallest absolute Gasteiger partial charge is 0.254 e. The predicted octanol–water partition coefficient (Wildman–Crippen LogP) is 3.12. The van der Waals surface area contributed by atoms with Gasteiger partial charge in [-0.15, -0.1) is 0 Å². The molecule has 0 fully saturated rings. The average molecular weight is 293 g/mol. The lowest BCUT2D eigenvalue weighted by atomic mass is 10.1. The van der Waals surface area contributed by atoms with Crippen LogP contribution in [0.2, 0.25) is 0 Å². The van der Waals surface area contributed by atoms with E-state index in [-0.39, 0.29) is 5.56 Å². The largest absolute Gasteiger partial charge is 0.306 e. The molecule has 0 atom stereocenters. The summed E-state index contributed by atoms with van der Waals surface area (Å²) >= 11 is 3.48. The van der Waals surface area contributed by atoms with E-state index >= 15 is 0 Å². The minimum absolute atomic E-state index is 0.0794. The summed E-state index contributed by atoms with van der Waals surface area (Å²) in [6, 6.07) is 5.91. The molecule has 4 heteroatoms. The zero-order valence-corrected chi connectivity index (χ0v) is 11.6. The first-order chi connectivity index (χ1) is 7.99. The van der Waals surface area contributed by atoms with E-state index in [2.05, 4.69) is 25.9 Å². The molecule has 0 aliphatic rings. The van der Waals surface area contributed by atoms with Gasteiger partial charge < -0.3 is 4.98 Å². The molecule has 0 saturated heterocycles. The molecule has 0 aliphatic carbocycles. The Bertz CT molecular complexity index is 632. The van der Waals surface area contributed by atoms with E-state index in [1.165, 1.54) is 0 Å². The van der Waals surface area contributed by atoms with Gasteiger partial charge in [0.25, 0.3) is 5.56 Å². The van der Waals surface area contributed by atoms with Crippen LogP contribution < -0.4 is 5.56 Å². The van der Waals surface area contributed by atoms with Crippen molar-refractivity contribution in [1.82, 2.24) is 9.97 Å². The van der Waals surface area contributed by atoms with Crippen LogP contribution in [0.15, 0.2) is 27.5 Å². The van der Waals surface area contributed by atoms with Crippen LogP contribution in [-0.4, -0.2) is 9.97 Å². The van der Waals surface area contributed by atoms with E-state index in [0.717, 1.165) is 21.3 Å². The number of aromatic nitrogens is 2. The second-order valence-electron chi connectivity index (χ2n) is 4.09. The van der Waals surface area contributed by atoms with Crippen LogP contribution in [0.3, 0.4) is 0 Å². The number of aromatic amines is 1. The second-order valence-corrected chi connectivity index (χ2v) is 4.94. The lowest BCUT2D eigenvalue weighted by Gasteiger charge is -2.06. The highest BCUT2D eigenvalue weighted by molar-refractivity contribution is 9.10. The fraction of sp³-hybridized carbons (Fsp3) is 0.231. The molecule has 1 aromatic carbocycles. The van der Waals surface area contributed by atoms with Crippen molar-refractivity contribution >= 4 is 15.9 Å². The number of aryl methyl sites for hydroxylation is 2. The molecule has 2 aromatic rings. The molecule has 0 spiro atoms. The van der Waals surface area contributed by atoms with Crippen molar-refractivity contribution < 1.29 is 0 Å². The number of nitrogens with zero attached hydrogens (tertiary/aromatic N) is 1. The summed E-state index contributed by atoms with van der Waals surface area (Å²) in [7, 11) is 0. The summed E-state index contributed by atoms with van der Waals surface area (Å²) in [5.41, 5.74) is 3.41. The third-order valence-corrected chi connectivity index (χ3v) is 3.69. The Labute approximate surface area is 108 Å². The van der Waals surface area contributed by atoms with E-state index in [1.54, 1.807) is 6.92 Å². The maximum atomic E-state index is 11.7. The van der Waals surface area contributed by atoms with Gasteiger partial charge in [-0.05, 0) is 32.4 Å². The van der Waals surface area contributed by atoms with E-state index < -0.39 is 0 Å². The Morgan fingerprint density at radius 1 is 1.24 bits per heavy atom. The SMILES string of the molecule is Cc1ccc(-c2nc(C)c(C)c(=O)[nH]2)cc1Br. The summed E-state index contributed by atoms with van der Waals surface area (Å²) in [4.78, 5) is 18.9. The highest BCUT2D eigenvalue weighted by atomic mass is 79.9. The Hall–Kier alpha value is -1.42. The summed E-state index contributed by atoms with van der Waals surface area (Å²) in [6.45, 7) is 5.64. The Balaban J connectivity index is 2.61. The molecule has 0 aliphatic heterocycles. The van der Waals surface area contributed by atoms with Gasteiger partial charge in [0.1, 0.15) is 5.82 Å². The zero-order valence-electron chi connectivity index (χ0n) is 9.97. The molecule has 0 radical (unpaired) electrons. The lowest BCUT2D eigenvalue weighted by Crippen LogP contribution is -2.14. The van der Waals surface area contributed by atoms with E-state index in [1.807, 2.05) is 32.0 Å². The summed E-state index contributed by atoms with van der Waals surface area (Å²) in [5.74, 6) is 0.610. The topological polar surface area (TPSA) is 45.8 Å². The quantitative estimate of drug-likeness (QED) is 0.878. The normalized spacial score (nSPS) is 10.6. The molecular weight excluding hydrogens is 280 g/mol. The van der Waals surface area contributed by atoms with Crippen molar-refractivity contribution in [2.24, 2.45) is 0 Å². The number of hydrogen-bond acceptors (Lipinski definition) is 2. The predicted molar refractivity (Wildman–Crippen MR) is 72.2 cm³/mol. The van der Waals surface area contributed by atoms with Crippen LogP contribution in [0.5, 0.6) is 0 Å². The molecular formula is C13H13BrN2O. The van der Waals surface area contributed by atoms with E-state index in [0.29, 0.717) is 11.4 Å². The van der Waals surface area contributed by atoms with Crippen LogP contribution in [0.1, 0.15) is 16.8 Å². The van der Waals surface area contributed by atoms with Crippen molar-refractivity contribution in [3.8, 4) is 11.4 Å². The zero-order chi connectivity index (χ0) is 12.6. The van der Waals surface area contributed by atoms with Crippen LogP contribution in [0.25, 0.3) is 11.4 Å². The third-order valence-electron chi connectivity index (χ3n) is 2.84. The molecule has 0 bridgehead atoms. The van der Waals surface area contributed by atoms with Crippen molar-refractivity contribution in [2.75, 3.05) is 0 Å². The van der Waals surface area contributed by atoms with Gasteiger partial charge in [-0.2, -0.15) is 0 Å². The highest BCUT2D eigenvalue weighted by Crippen LogP contribution is 2.22. The van der Waals surface area contributed by atoms with Gasteiger partial charge >= 0.3 is 0 Å². The van der Waals surface area contributed by atoms with E-state index in [9.17, 15) is 4.79 Å². The monoisotopic (exact) mass is 292 g/mol. The Morgan fingerprint density at radius 2 is 1.94 bits per heavy atom. The summed E-state index contributed by atoms with van der Waals surface area (Å²) in [5, 5.41) is 0. The minimum Gasteiger partial charge on any atom is -0.306 e. The Kier molecular flexibility index (Phi) is 3.15. The van der Waals surface area contributed by atoms with Gasteiger partial charge in [0.2, 0.25) is 0 Å².